The van der Waals surface area contributed by atoms with Crippen LogP contribution in [0.2, 0.25) is 0 Å². The van der Waals surface area contributed by atoms with E-state index in [1.165, 1.54) is 11.6 Å². The molecule has 2 unspecified atom stereocenters. The van der Waals surface area contributed by atoms with Crippen molar-refractivity contribution in [2.75, 3.05) is 13.2 Å². The van der Waals surface area contributed by atoms with E-state index >= 15 is 0 Å². The molecule has 0 bridgehead atoms. The molecule has 0 aliphatic heterocycles. The summed E-state index contributed by atoms with van der Waals surface area (Å²) in [6.45, 7) is 2.96. The van der Waals surface area contributed by atoms with Crippen LogP contribution in [0, 0.1) is 11.7 Å². The highest BCUT2D eigenvalue weighted by Crippen LogP contribution is 2.31. The minimum atomic E-state index is -0.164. The number of fused-ring (bicyclic) bond motifs is 1. The third kappa shape index (κ3) is 2.42. The lowest BCUT2D eigenvalue weighted by Crippen LogP contribution is -2.26. The van der Waals surface area contributed by atoms with Crippen LogP contribution in [0.1, 0.15) is 30.5 Å². The molecule has 0 spiro atoms. The molecule has 88 valence electrons. The maximum absolute atomic E-state index is 13.1. The van der Waals surface area contributed by atoms with Gasteiger partial charge >= 0.3 is 0 Å². The quantitative estimate of drug-likeness (QED) is 0.818. The van der Waals surface area contributed by atoms with Gasteiger partial charge in [-0.3, -0.25) is 0 Å². The number of benzene rings is 1. The molecule has 2 N–H and O–H groups in total. The second-order valence-electron chi connectivity index (χ2n) is 4.63. The highest BCUT2D eigenvalue weighted by Gasteiger charge is 2.22. The van der Waals surface area contributed by atoms with Crippen LogP contribution in [-0.4, -0.2) is 18.3 Å². The van der Waals surface area contributed by atoms with E-state index in [4.69, 9.17) is 5.11 Å². The smallest absolute Gasteiger partial charge is 0.123 e. The summed E-state index contributed by atoms with van der Waals surface area (Å²) in [5.74, 6) is 0.0836. The lowest BCUT2D eigenvalue weighted by atomic mass is 10.1. The van der Waals surface area contributed by atoms with Crippen molar-refractivity contribution in [2.24, 2.45) is 5.92 Å². The summed E-state index contributed by atoms with van der Waals surface area (Å²) >= 11 is 0. The molecular formula is C13H18FNO. The average molecular weight is 223 g/mol. The Balaban J connectivity index is 2.02. The highest BCUT2D eigenvalue weighted by atomic mass is 19.1. The summed E-state index contributed by atoms with van der Waals surface area (Å²) in [7, 11) is 0. The van der Waals surface area contributed by atoms with Crippen molar-refractivity contribution in [3.8, 4) is 0 Å². The minimum absolute atomic E-state index is 0.164. The van der Waals surface area contributed by atoms with Gasteiger partial charge in [-0.15, -0.1) is 0 Å². The number of aliphatic hydroxyl groups is 1. The Labute approximate surface area is 95.5 Å². The summed E-state index contributed by atoms with van der Waals surface area (Å²) in [6.07, 6.45) is 2.04. The first-order valence-corrected chi connectivity index (χ1v) is 5.83. The van der Waals surface area contributed by atoms with E-state index in [9.17, 15) is 4.39 Å². The van der Waals surface area contributed by atoms with Gasteiger partial charge in [0, 0.05) is 19.2 Å². The van der Waals surface area contributed by atoms with E-state index < -0.39 is 0 Å². The maximum Gasteiger partial charge on any atom is 0.123 e. The van der Waals surface area contributed by atoms with Crippen molar-refractivity contribution in [1.82, 2.24) is 5.32 Å². The molecule has 2 atom stereocenters. The standard InChI is InChI=1S/C13H18FNO/c1-9(8-16)7-15-13-5-3-10-2-4-11(14)6-12(10)13/h2,4,6,9,13,15-16H,3,5,7-8H2,1H3. The van der Waals surface area contributed by atoms with Gasteiger partial charge in [0.25, 0.3) is 0 Å². The molecule has 3 heteroatoms. The van der Waals surface area contributed by atoms with Gasteiger partial charge in [-0.1, -0.05) is 13.0 Å². The number of aliphatic hydroxyl groups excluding tert-OH is 1. The normalized spacial score (nSPS) is 20.8. The zero-order valence-electron chi connectivity index (χ0n) is 9.54. The third-order valence-corrected chi connectivity index (χ3v) is 3.21. The van der Waals surface area contributed by atoms with Crippen LogP contribution in [0.15, 0.2) is 18.2 Å². The Kier molecular flexibility index (Phi) is 3.56. The van der Waals surface area contributed by atoms with E-state index in [-0.39, 0.29) is 24.4 Å². The number of hydrogen-bond donors (Lipinski definition) is 2. The van der Waals surface area contributed by atoms with Crippen LogP contribution < -0.4 is 5.32 Å². The predicted octanol–water partition coefficient (Wildman–Crippen LogP) is 2.03. The molecule has 16 heavy (non-hydrogen) atoms. The Morgan fingerprint density at radius 3 is 3.12 bits per heavy atom. The topological polar surface area (TPSA) is 32.3 Å². The summed E-state index contributed by atoms with van der Waals surface area (Å²) in [6, 6.07) is 5.28. The number of hydrogen-bond acceptors (Lipinski definition) is 2. The lowest BCUT2D eigenvalue weighted by Gasteiger charge is -2.16. The molecule has 0 amide bonds. The van der Waals surface area contributed by atoms with Gasteiger partial charge in [0.1, 0.15) is 5.82 Å². The Bertz CT molecular complexity index is 367. The van der Waals surface area contributed by atoms with Crippen molar-refractivity contribution in [3.63, 3.8) is 0 Å². The Morgan fingerprint density at radius 1 is 1.56 bits per heavy atom. The lowest BCUT2D eigenvalue weighted by molar-refractivity contribution is 0.230. The van der Waals surface area contributed by atoms with Gasteiger partial charge in [0.15, 0.2) is 0 Å². The van der Waals surface area contributed by atoms with Crippen LogP contribution >= 0.6 is 0 Å². The van der Waals surface area contributed by atoms with Crippen LogP contribution in [0.3, 0.4) is 0 Å². The van der Waals surface area contributed by atoms with Gasteiger partial charge in [-0.05, 0) is 42.0 Å². The van der Waals surface area contributed by atoms with Crippen LogP contribution in [0.4, 0.5) is 4.39 Å². The van der Waals surface area contributed by atoms with E-state index in [1.807, 2.05) is 13.0 Å². The SMILES string of the molecule is CC(CO)CNC1CCc2ccc(F)cc21. The molecule has 1 aromatic carbocycles. The molecule has 0 aromatic heterocycles. The average Bonchev–Trinajstić information content (AvgIpc) is 2.68. The van der Waals surface area contributed by atoms with Crippen molar-refractivity contribution >= 4 is 0 Å². The summed E-state index contributed by atoms with van der Waals surface area (Å²) in [4.78, 5) is 0. The van der Waals surface area contributed by atoms with Gasteiger partial charge in [0.05, 0.1) is 0 Å². The van der Waals surface area contributed by atoms with Gasteiger partial charge in [-0.25, -0.2) is 4.39 Å². The maximum atomic E-state index is 13.1. The van der Waals surface area contributed by atoms with Gasteiger partial charge in [-0.2, -0.15) is 0 Å². The Morgan fingerprint density at radius 2 is 2.38 bits per heavy atom. The molecule has 0 heterocycles. The van der Waals surface area contributed by atoms with Crippen LogP contribution in [0.25, 0.3) is 0 Å². The van der Waals surface area contributed by atoms with Crippen molar-refractivity contribution in [2.45, 2.75) is 25.8 Å². The van der Waals surface area contributed by atoms with Crippen LogP contribution in [0.5, 0.6) is 0 Å². The van der Waals surface area contributed by atoms with E-state index in [0.29, 0.717) is 0 Å². The number of aryl methyl sites for hydroxylation is 1. The number of nitrogens with one attached hydrogen (secondary N) is 1. The molecule has 1 aromatic rings. The molecule has 0 radical (unpaired) electrons. The molecule has 1 aliphatic carbocycles. The third-order valence-electron chi connectivity index (χ3n) is 3.21. The second kappa shape index (κ2) is 4.93. The largest absolute Gasteiger partial charge is 0.396 e. The van der Waals surface area contributed by atoms with E-state index in [0.717, 1.165) is 24.9 Å². The summed E-state index contributed by atoms with van der Waals surface area (Å²) in [5, 5.41) is 12.3. The fraction of sp³-hybridized carbons (Fsp3) is 0.538. The van der Waals surface area contributed by atoms with Gasteiger partial charge in [0.2, 0.25) is 0 Å². The second-order valence-corrected chi connectivity index (χ2v) is 4.63. The molecule has 0 fully saturated rings. The molecule has 2 rings (SSSR count). The predicted molar refractivity (Wildman–Crippen MR) is 61.7 cm³/mol. The van der Waals surface area contributed by atoms with Crippen molar-refractivity contribution in [3.05, 3.63) is 35.1 Å². The van der Waals surface area contributed by atoms with E-state index in [2.05, 4.69) is 5.32 Å². The van der Waals surface area contributed by atoms with Crippen molar-refractivity contribution in [1.29, 1.82) is 0 Å². The van der Waals surface area contributed by atoms with Gasteiger partial charge < -0.3 is 10.4 Å². The monoisotopic (exact) mass is 223 g/mol. The molecule has 1 aliphatic rings. The molecule has 0 saturated carbocycles. The molecular weight excluding hydrogens is 205 g/mol. The first-order chi connectivity index (χ1) is 7.70. The number of halogens is 1. The molecule has 2 nitrogen and oxygen atoms in total. The summed E-state index contributed by atoms with van der Waals surface area (Å²) < 4.78 is 13.1. The first-order valence-electron chi connectivity index (χ1n) is 5.83. The molecule has 0 saturated heterocycles. The minimum Gasteiger partial charge on any atom is -0.396 e. The number of rotatable bonds is 4. The fourth-order valence-corrected chi connectivity index (χ4v) is 2.19. The zero-order chi connectivity index (χ0) is 11.5. The Hall–Kier alpha value is -0.930. The first kappa shape index (κ1) is 11.6. The fourth-order valence-electron chi connectivity index (χ4n) is 2.19. The van der Waals surface area contributed by atoms with Crippen molar-refractivity contribution < 1.29 is 9.50 Å². The zero-order valence-corrected chi connectivity index (χ0v) is 9.54. The summed E-state index contributed by atoms with van der Waals surface area (Å²) in [5.41, 5.74) is 2.33. The van der Waals surface area contributed by atoms with E-state index in [1.54, 1.807) is 6.07 Å². The highest BCUT2D eigenvalue weighted by molar-refractivity contribution is 5.34. The van der Waals surface area contributed by atoms with Crippen LogP contribution in [-0.2, 0) is 6.42 Å².